The van der Waals surface area contributed by atoms with Gasteiger partial charge < -0.3 is 35.2 Å². The fraction of sp³-hybridized carbons (Fsp3) is 0.444. The monoisotopic (exact) mass is 687 g/mol. The normalized spacial score (nSPS) is 16.1. The highest BCUT2D eigenvalue weighted by molar-refractivity contribution is 6.09. The average molecular weight is 688 g/mol. The Kier molecular flexibility index (Phi) is 11.2. The first-order valence-electron chi connectivity index (χ1n) is 15.9. The molecule has 2 amide bonds. The van der Waals surface area contributed by atoms with Crippen LogP contribution in [0.1, 0.15) is 51.4 Å². The minimum atomic E-state index is -4.81. The van der Waals surface area contributed by atoms with Gasteiger partial charge >= 0.3 is 6.18 Å². The van der Waals surface area contributed by atoms with Crippen molar-refractivity contribution in [3.63, 3.8) is 0 Å². The summed E-state index contributed by atoms with van der Waals surface area (Å²) in [6.45, 7) is 15.9. The van der Waals surface area contributed by atoms with E-state index < -0.39 is 40.5 Å². The Balaban J connectivity index is 1.78. The number of piperazine rings is 1. The molecule has 49 heavy (non-hydrogen) atoms. The Hall–Kier alpha value is -4.36. The van der Waals surface area contributed by atoms with Crippen LogP contribution in [0.15, 0.2) is 66.0 Å². The lowest BCUT2D eigenvalue weighted by Gasteiger charge is -2.35. The lowest BCUT2D eigenvalue weighted by Crippen LogP contribution is -2.45. The number of benzene rings is 2. The number of anilines is 2. The summed E-state index contributed by atoms with van der Waals surface area (Å²) < 4.78 is 68.2. The van der Waals surface area contributed by atoms with Crippen LogP contribution in [0.2, 0.25) is 0 Å². The fourth-order valence-corrected chi connectivity index (χ4v) is 6.22. The van der Waals surface area contributed by atoms with Gasteiger partial charge in [0, 0.05) is 62.4 Å². The predicted molar refractivity (Wildman–Crippen MR) is 183 cm³/mol. The van der Waals surface area contributed by atoms with E-state index in [1.54, 1.807) is 12.1 Å². The Labute approximate surface area is 285 Å². The third-order valence-electron chi connectivity index (χ3n) is 8.03. The SMILES string of the molecule is C=C1C=C(C(F)(F)F)C(C(=O)Nc2cc(-c3cc(C(=O)NC(C)(C)CC(C)(C)C)c(OCOC)cc3F)ccc2N2CCN(C)CC2)=CN1. The molecule has 0 atom stereocenters. The van der Waals surface area contributed by atoms with Gasteiger partial charge in [0.1, 0.15) is 11.6 Å². The molecular formula is C36H45F4N5O4. The zero-order valence-corrected chi connectivity index (χ0v) is 29.0. The number of amides is 2. The number of nitrogens with one attached hydrogen (secondary N) is 3. The van der Waals surface area contributed by atoms with Crippen molar-refractivity contribution in [1.29, 1.82) is 0 Å². The smallest absolute Gasteiger partial charge is 0.417 e. The Morgan fingerprint density at radius 1 is 1.00 bits per heavy atom. The Bertz CT molecular complexity index is 1650. The van der Waals surface area contributed by atoms with Crippen LogP contribution in [0.3, 0.4) is 0 Å². The Morgan fingerprint density at radius 3 is 2.29 bits per heavy atom. The molecule has 2 aromatic carbocycles. The van der Waals surface area contributed by atoms with Crippen molar-refractivity contribution in [1.82, 2.24) is 15.5 Å². The molecule has 266 valence electrons. The van der Waals surface area contributed by atoms with Crippen molar-refractivity contribution in [2.24, 2.45) is 5.41 Å². The molecule has 2 aliphatic heterocycles. The maximum Gasteiger partial charge on any atom is 0.417 e. The number of alkyl halides is 3. The molecule has 0 aliphatic carbocycles. The molecule has 1 saturated heterocycles. The molecule has 0 spiro atoms. The standard InChI is InChI=1S/C36H45F4N5O4/c1-22-15-27(36(38,39)40)26(19-41-22)32(46)42-29-16-23(9-10-30(29)45-13-11-44(7)12-14-45)24-17-25(31(18-28(24)37)49-21-48-8)33(47)43-35(5,6)20-34(2,3)4/h9-10,15-19,41H,1,11-14,20-21H2,2-8H3,(H,42,46)(H,43,47). The molecule has 2 heterocycles. The summed E-state index contributed by atoms with van der Waals surface area (Å²) in [4.78, 5) is 31.3. The van der Waals surface area contributed by atoms with E-state index in [0.29, 0.717) is 25.2 Å². The number of ether oxygens (including phenoxy) is 2. The number of carbonyl (C=O) groups is 2. The quantitative estimate of drug-likeness (QED) is 0.192. The molecule has 9 nitrogen and oxygen atoms in total. The fourth-order valence-electron chi connectivity index (χ4n) is 6.22. The van der Waals surface area contributed by atoms with Gasteiger partial charge in [0.2, 0.25) is 0 Å². The molecule has 0 radical (unpaired) electrons. The van der Waals surface area contributed by atoms with Crippen LogP contribution in [-0.4, -0.2) is 75.6 Å². The van der Waals surface area contributed by atoms with E-state index in [1.165, 1.54) is 19.2 Å². The summed E-state index contributed by atoms with van der Waals surface area (Å²) in [6.07, 6.45) is -2.43. The van der Waals surface area contributed by atoms with E-state index in [2.05, 4.69) is 48.2 Å². The number of halogens is 4. The largest absolute Gasteiger partial charge is 0.467 e. The van der Waals surface area contributed by atoms with Crippen molar-refractivity contribution >= 4 is 23.2 Å². The topological polar surface area (TPSA) is 95.2 Å². The van der Waals surface area contributed by atoms with E-state index >= 15 is 4.39 Å². The number of hydrogen-bond acceptors (Lipinski definition) is 7. The van der Waals surface area contributed by atoms with Crippen LogP contribution in [-0.2, 0) is 9.53 Å². The first kappa shape index (κ1) is 37.5. The van der Waals surface area contributed by atoms with Crippen LogP contribution in [0, 0.1) is 11.2 Å². The van der Waals surface area contributed by atoms with Crippen molar-refractivity contribution in [3.8, 4) is 16.9 Å². The van der Waals surface area contributed by atoms with Crippen LogP contribution in [0.5, 0.6) is 5.75 Å². The Morgan fingerprint density at radius 2 is 1.67 bits per heavy atom. The highest BCUT2D eigenvalue weighted by Gasteiger charge is 2.40. The maximum atomic E-state index is 15.9. The lowest BCUT2D eigenvalue weighted by atomic mass is 9.81. The van der Waals surface area contributed by atoms with Gasteiger partial charge in [0.15, 0.2) is 6.79 Å². The van der Waals surface area contributed by atoms with Gasteiger partial charge in [-0.25, -0.2) is 4.39 Å². The van der Waals surface area contributed by atoms with Gasteiger partial charge in [0.25, 0.3) is 11.8 Å². The molecule has 0 bridgehead atoms. The number of hydrogen-bond donors (Lipinski definition) is 3. The van der Waals surface area contributed by atoms with E-state index in [-0.39, 0.29) is 46.0 Å². The summed E-state index contributed by atoms with van der Waals surface area (Å²) in [5.74, 6) is -2.25. The molecule has 0 unspecified atom stereocenters. The number of likely N-dealkylation sites (N-methyl/N-ethyl adjacent to an activating group) is 1. The van der Waals surface area contributed by atoms with Crippen LogP contribution in [0.25, 0.3) is 11.1 Å². The van der Waals surface area contributed by atoms with Crippen molar-refractivity contribution in [2.75, 3.05) is 57.3 Å². The van der Waals surface area contributed by atoms with Crippen molar-refractivity contribution in [2.45, 2.75) is 52.8 Å². The van der Waals surface area contributed by atoms with Crippen molar-refractivity contribution in [3.05, 3.63) is 77.4 Å². The van der Waals surface area contributed by atoms with E-state index in [1.807, 2.05) is 25.8 Å². The second-order valence-electron chi connectivity index (χ2n) is 14.2. The third kappa shape index (κ3) is 9.63. The number of dihydropyridines is 1. The van der Waals surface area contributed by atoms with Gasteiger partial charge in [-0.05, 0) is 62.6 Å². The van der Waals surface area contributed by atoms with Crippen LogP contribution in [0.4, 0.5) is 28.9 Å². The second kappa shape index (κ2) is 14.6. The molecule has 0 saturated carbocycles. The first-order valence-corrected chi connectivity index (χ1v) is 15.9. The highest BCUT2D eigenvalue weighted by atomic mass is 19.4. The predicted octanol–water partition coefficient (Wildman–Crippen LogP) is 6.60. The third-order valence-corrected chi connectivity index (χ3v) is 8.03. The molecule has 13 heteroatoms. The van der Waals surface area contributed by atoms with Gasteiger partial charge in [-0.2, -0.15) is 13.2 Å². The summed E-state index contributed by atoms with van der Waals surface area (Å²) in [5.41, 5.74) is -1.41. The van der Waals surface area contributed by atoms with Crippen LogP contribution < -0.4 is 25.6 Å². The van der Waals surface area contributed by atoms with E-state index in [4.69, 9.17) is 9.47 Å². The number of rotatable bonds is 10. The molecule has 4 rings (SSSR count). The summed E-state index contributed by atoms with van der Waals surface area (Å²) >= 11 is 0. The number of carbonyl (C=O) groups excluding carboxylic acids is 2. The lowest BCUT2D eigenvalue weighted by molar-refractivity contribution is -0.115. The average Bonchev–Trinajstić information content (AvgIpc) is 2.98. The van der Waals surface area contributed by atoms with E-state index in [0.717, 1.165) is 31.4 Å². The molecule has 0 aromatic heterocycles. The molecule has 1 fully saturated rings. The number of allylic oxidation sites excluding steroid dienone is 1. The van der Waals surface area contributed by atoms with Crippen molar-refractivity contribution < 1.29 is 36.6 Å². The van der Waals surface area contributed by atoms with Crippen LogP contribution >= 0.6 is 0 Å². The first-order chi connectivity index (χ1) is 22.8. The van der Waals surface area contributed by atoms with Gasteiger partial charge in [-0.15, -0.1) is 0 Å². The van der Waals surface area contributed by atoms with Gasteiger partial charge in [-0.3, -0.25) is 9.59 Å². The summed E-state index contributed by atoms with van der Waals surface area (Å²) in [6, 6.07) is 7.29. The molecular weight excluding hydrogens is 642 g/mol. The minimum Gasteiger partial charge on any atom is -0.467 e. The minimum absolute atomic E-state index is 0.0148. The number of methoxy groups -OCH3 is 1. The maximum absolute atomic E-state index is 15.9. The molecule has 2 aliphatic rings. The second-order valence-corrected chi connectivity index (χ2v) is 14.2. The highest BCUT2D eigenvalue weighted by Crippen LogP contribution is 2.38. The van der Waals surface area contributed by atoms with Gasteiger partial charge in [-0.1, -0.05) is 33.4 Å². The molecule has 2 aromatic rings. The van der Waals surface area contributed by atoms with E-state index in [9.17, 15) is 22.8 Å². The van der Waals surface area contributed by atoms with Gasteiger partial charge in [0.05, 0.1) is 28.1 Å². The number of nitrogens with zero attached hydrogens (tertiary/aromatic N) is 2. The summed E-state index contributed by atoms with van der Waals surface area (Å²) in [7, 11) is 3.38. The zero-order valence-electron chi connectivity index (χ0n) is 29.0. The summed E-state index contributed by atoms with van der Waals surface area (Å²) in [5, 5.41) is 8.25. The zero-order chi connectivity index (χ0) is 36.3. The molecule has 3 N–H and O–H groups in total.